The van der Waals surface area contributed by atoms with Gasteiger partial charge in [-0.15, -0.1) is 0 Å². The Morgan fingerprint density at radius 3 is 2.56 bits per heavy atom. The molecule has 2 aliphatic heterocycles. The van der Waals surface area contributed by atoms with Gasteiger partial charge in [-0.2, -0.15) is 5.10 Å². The van der Waals surface area contributed by atoms with E-state index in [1.165, 1.54) is 6.42 Å². The predicted molar refractivity (Wildman–Crippen MR) is 132 cm³/mol. The molecule has 8 heteroatoms. The van der Waals surface area contributed by atoms with Crippen LogP contribution in [0.3, 0.4) is 0 Å². The van der Waals surface area contributed by atoms with Crippen LogP contribution in [-0.4, -0.2) is 64.1 Å². The molecule has 0 saturated carbocycles. The van der Waals surface area contributed by atoms with Gasteiger partial charge in [0.05, 0.1) is 0 Å². The summed E-state index contributed by atoms with van der Waals surface area (Å²) in [7, 11) is 0. The first-order valence-electron chi connectivity index (χ1n) is 12.3. The molecule has 0 spiro atoms. The molecule has 34 heavy (non-hydrogen) atoms. The van der Waals surface area contributed by atoms with E-state index >= 15 is 0 Å². The average Bonchev–Trinajstić information content (AvgIpc) is 3.31. The van der Waals surface area contributed by atoms with Gasteiger partial charge in [0.1, 0.15) is 17.5 Å². The van der Waals surface area contributed by atoms with E-state index in [2.05, 4.69) is 31.0 Å². The first-order valence-corrected chi connectivity index (χ1v) is 12.6. The molecule has 2 saturated heterocycles. The maximum Gasteiger partial charge on any atom is 0.274 e. The highest BCUT2D eigenvalue weighted by atomic mass is 35.5. The Morgan fingerprint density at radius 1 is 1.12 bits per heavy atom. The number of ether oxygens (including phenoxy) is 1. The number of carbonyl (C=O) groups is 2. The molecule has 3 heterocycles. The second-order valence-corrected chi connectivity index (χ2v) is 10.9. The second kappa shape index (κ2) is 10.4. The number of hydrogen-bond donors (Lipinski definition) is 1. The SMILES string of the molecule is CC(C)(C)c1cc(C(=O)N2CC[C@H](Oc3cccc(Cl)c3)[C@@H](CC(=O)N3CCCCC3)C2)n[nH]1. The number of benzene rings is 1. The molecular weight excluding hydrogens is 452 g/mol. The molecule has 2 amide bonds. The predicted octanol–water partition coefficient (Wildman–Crippen LogP) is 4.67. The summed E-state index contributed by atoms with van der Waals surface area (Å²) in [6.45, 7) is 8.88. The lowest BCUT2D eigenvalue weighted by atomic mass is 9.90. The molecule has 1 aromatic carbocycles. The fourth-order valence-corrected chi connectivity index (χ4v) is 4.92. The molecule has 0 bridgehead atoms. The molecule has 184 valence electrons. The molecule has 2 aliphatic rings. The number of rotatable bonds is 5. The second-order valence-electron chi connectivity index (χ2n) is 10.5. The summed E-state index contributed by atoms with van der Waals surface area (Å²) < 4.78 is 6.30. The minimum atomic E-state index is -0.166. The van der Waals surface area contributed by atoms with E-state index in [9.17, 15) is 9.59 Å². The van der Waals surface area contributed by atoms with Crippen LogP contribution in [0.5, 0.6) is 5.75 Å². The third kappa shape index (κ3) is 5.93. The molecule has 0 radical (unpaired) electrons. The summed E-state index contributed by atoms with van der Waals surface area (Å²) in [4.78, 5) is 30.2. The number of nitrogens with zero attached hydrogens (tertiary/aromatic N) is 3. The third-order valence-corrected chi connectivity index (χ3v) is 7.02. The van der Waals surface area contributed by atoms with Crippen molar-refractivity contribution >= 4 is 23.4 Å². The van der Waals surface area contributed by atoms with E-state index < -0.39 is 0 Å². The smallest absolute Gasteiger partial charge is 0.274 e. The zero-order chi connectivity index (χ0) is 24.3. The van der Waals surface area contributed by atoms with Crippen LogP contribution in [0.1, 0.15) is 69.1 Å². The van der Waals surface area contributed by atoms with Gasteiger partial charge >= 0.3 is 0 Å². The van der Waals surface area contributed by atoms with Crippen LogP contribution in [0.2, 0.25) is 5.02 Å². The van der Waals surface area contributed by atoms with Crippen molar-refractivity contribution in [1.82, 2.24) is 20.0 Å². The minimum absolute atomic E-state index is 0.105. The van der Waals surface area contributed by atoms with Crippen LogP contribution in [0.15, 0.2) is 30.3 Å². The highest BCUT2D eigenvalue weighted by Crippen LogP contribution is 2.29. The summed E-state index contributed by atoms with van der Waals surface area (Å²) >= 11 is 6.15. The number of amides is 2. The standard InChI is InChI=1S/C26H35ClN4O3/c1-26(2,3)23-16-21(28-29-23)25(33)31-13-10-22(34-20-9-7-8-19(27)15-20)18(17-31)14-24(32)30-11-5-4-6-12-30/h7-9,15-16,18,22H,4-6,10-14,17H2,1-3H3,(H,28,29)/t18-,22-/m0/s1. The van der Waals surface area contributed by atoms with Crippen molar-refractivity contribution in [1.29, 1.82) is 0 Å². The number of halogens is 1. The zero-order valence-electron chi connectivity index (χ0n) is 20.3. The fourth-order valence-electron chi connectivity index (χ4n) is 4.74. The lowest BCUT2D eigenvalue weighted by molar-refractivity contribution is -0.134. The molecule has 2 aromatic rings. The minimum Gasteiger partial charge on any atom is -0.490 e. The summed E-state index contributed by atoms with van der Waals surface area (Å²) in [5.41, 5.74) is 1.22. The van der Waals surface area contributed by atoms with Gasteiger partial charge in [0.2, 0.25) is 5.91 Å². The van der Waals surface area contributed by atoms with Crippen LogP contribution in [0.25, 0.3) is 0 Å². The van der Waals surface area contributed by atoms with Gasteiger partial charge in [-0.25, -0.2) is 0 Å². The summed E-state index contributed by atoms with van der Waals surface area (Å²) in [6.07, 6.45) is 4.13. The van der Waals surface area contributed by atoms with Crippen LogP contribution in [0, 0.1) is 5.92 Å². The Hall–Kier alpha value is -2.54. The number of H-pyrrole nitrogens is 1. The van der Waals surface area contributed by atoms with Gasteiger partial charge in [-0.05, 0) is 43.5 Å². The van der Waals surface area contributed by atoms with Crippen molar-refractivity contribution in [3.8, 4) is 5.75 Å². The number of nitrogens with one attached hydrogen (secondary N) is 1. The van der Waals surface area contributed by atoms with Crippen LogP contribution >= 0.6 is 11.6 Å². The number of piperidine rings is 2. The molecule has 0 unspecified atom stereocenters. The number of carbonyl (C=O) groups excluding carboxylic acids is 2. The van der Waals surface area contributed by atoms with Crippen molar-refractivity contribution < 1.29 is 14.3 Å². The fraction of sp³-hybridized carbons (Fsp3) is 0.577. The van der Waals surface area contributed by atoms with Crippen molar-refractivity contribution in [2.75, 3.05) is 26.2 Å². The van der Waals surface area contributed by atoms with E-state index in [1.807, 2.05) is 34.1 Å². The van der Waals surface area contributed by atoms with E-state index in [4.69, 9.17) is 16.3 Å². The summed E-state index contributed by atoms with van der Waals surface area (Å²) in [5.74, 6) is 0.624. The summed E-state index contributed by atoms with van der Waals surface area (Å²) in [5, 5.41) is 7.89. The van der Waals surface area contributed by atoms with Gasteiger partial charge in [0.15, 0.2) is 0 Å². The largest absolute Gasteiger partial charge is 0.490 e. The van der Waals surface area contributed by atoms with E-state index in [-0.39, 0.29) is 29.3 Å². The Labute approximate surface area is 206 Å². The molecule has 2 atom stereocenters. The molecule has 1 N–H and O–H groups in total. The Balaban J connectivity index is 1.49. The lowest BCUT2D eigenvalue weighted by Crippen LogP contribution is -2.50. The van der Waals surface area contributed by atoms with Crippen molar-refractivity contribution in [2.45, 2.75) is 64.4 Å². The zero-order valence-corrected chi connectivity index (χ0v) is 21.1. The quantitative estimate of drug-likeness (QED) is 0.666. The molecule has 1 aromatic heterocycles. The maximum atomic E-state index is 13.3. The topological polar surface area (TPSA) is 78.5 Å². The Morgan fingerprint density at radius 2 is 1.88 bits per heavy atom. The molecular formula is C26H35ClN4O3. The number of aromatic amines is 1. The normalized spacial score (nSPS) is 21.4. The molecule has 0 aliphatic carbocycles. The van der Waals surface area contributed by atoms with Crippen molar-refractivity contribution in [2.24, 2.45) is 5.92 Å². The van der Waals surface area contributed by atoms with Crippen LogP contribution in [0.4, 0.5) is 0 Å². The van der Waals surface area contributed by atoms with Crippen molar-refractivity contribution in [3.05, 3.63) is 46.7 Å². The van der Waals surface area contributed by atoms with E-state index in [0.717, 1.165) is 31.6 Å². The summed E-state index contributed by atoms with van der Waals surface area (Å²) in [6, 6.07) is 9.17. The highest BCUT2D eigenvalue weighted by Gasteiger charge is 2.36. The monoisotopic (exact) mass is 486 g/mol. The molecule has 7 nitrogen and oxygen atoms in total. The lowest BCUT2D eigenvalue weighted by Gasteiger charge is -2.39. The Kier molecular flexibility index (Phi) is 7.51. The number of likely N-dealkylation sites (tertiary alicyclic amines) is 2. The molecule has 4 rings (SSSR count). The molecule has 2 fully saturated rings. The number of aromatic nitrogens is 2. The van der Waals surface area contributed by atoms with Gasteiger partial charge < -0.3 is 14.5 Å². The first-order chi connectivity index (χ1) is 16.2. The van der Waals surface area contributed by atoms with Gasteiger partial charge in [-0.3, -0.25) is 14.7 Å². The van der Waals surface area contributed by atoms with E-state index in [0.29, 0.717) is 42.4 Å². The van der Waals surface area contributed by atoms with Crippen molar-refractivity contribution in [3.63, 3.8) is 0 Å². The maximum absolute atomic E-state index is 13.3. The first kappa shape index (κ1) is 24.6. The highest BCUT2D eigenvalue weighted by molar-refractivity contribution is 6.30. The number of hydrogen-bond acceptors (Lipinski definition) is 4. The van der Waals surface area contributed by atoms with E-state index in [1.54, 1.807) is 6.07 Å². The van der Waals surface area contributed by atoms with Crippen LogP contribution in [-0.2, 0) is 10.2 Å². The third-order valence-electron chi connectivity index (χ3n) is 6.79. The van der Waals surface area contributed by atoms with Gasteiger partial charge in [-0.1, -0.05) is 38.4 Å². The van der Waals surface area contributed by atoms with Gasteiger partial charge in [0, 0.05) is 61.1 Å². The average molecular weight is 487 g/mol. The Bertz CT molecular complexity index is 1010. The van der Waals surface area contributed by atoms with Gasteiger partial charge in [0.25, 0.3) is 5.91 Å². The van der Waals surface area contributed by atoms with Crippen LogP contribution < -0.4 is 4.74 Å².